The van der Waals surface area contributed by atoms with Gasteiger partial charge in [-0.3, -0.25) is 0 Å². The number of hydrogen-bond donors (Lipinski definition) is 0. The first-order chi connectivity index (χ1) is 7.72. The fourth-order valence-electron chi connectivity index (χ4n) is 2.54. The molecular weight excluding hydrogens is 317 g/mol. The van der Waals surface area contributed by atoms with Crippen LogP contribution in [0.25, 0.3) is 0 Å². The van der Waals surface area contributed by atoms with Gasteiger partial charge in [0, 0.05) is 31.7 Å². The minimum atomic E-state index is 0.424. The van der Waals surface area contributed by atoms with Crippen LogP contribution in [0.4, 0.5) is 5.82 Å². The zero-order valence-corrected chi connectivity index (χ0v) is 11.3. The van der Waals surface area contributed by atoms with Crippen LogP contribution in [-0.4, -0.2) is 35.8 Å². The SMILES string of the molecule is Cc1nc(I)cc(N2C[C@@H]3CCO[C@@H]3C2)n1. The third kappa shape index (κ3) is 1.90. The summed E-state index contributed by atoms with van der Waals surface area (Å²) >= 11 is 2.24. The van der Waals surface area contributed by atoms with E-state index in [1.165, 1.54) is 6.42 Å². The fourth-order valence-corrected chi connectivity index (χ4v) is 3.17. The zero-order chi connectivity index (χ0) is 11.1. The van der Waals surface area contributed by atoms with Gasteiger partial charge in [0.2, 0.25) is 0 Å². The van der Waals surface area contributed by atoms with Crippen LogP contribution in [0.2, 0.25) is 0 Å². The van der Waals surface area contributed by atoms with Crippen LogP contribution in [0, 0.1) is 16.5 Å². The second-order valence-corrected chi connectivity index (χ2v) is 5.56. The second kappa shape index (κ2) is 4.10. The average Bonchev–Trinajstić information content (AvgIpc) is 2.74. The monoisotopic (exact) mass is 331 g/mol. The Morgan fingerprint density at radius 1 is 1.44 bits per heavy atom. The molecule has 2 saturated heterocycles. The number of anilines is 1. The summed E-state index contributed by atoms with van der Waals surface area (Å²) in [6.07, 6.45) is 1.62. The van der Waals surface area contributed by atoms with Gasteiger partial charge in [0.1, 0.15) is 15.3 Å². The number of hydrogen-bond acceptors (Lipinski definition) is 4. The van der Waals surface area contributed by atoms with Crippen molar-refractivity contribution in [3.63, 3.8) is 0 Å². The molecule has 1 aromatic heterocycles. The van der Waals surface area contributed by atoms with E-state index in [0.717, 1.165) is 35.0 Å². The van der Waals surface area contributed by atoms with Gasteiger partial charge in [0.05, 0.1) is 6.10 Å². The lowest BCUT2D eigenvalue weighted by Crippen LogP contribution is -2.24. The Labute approximate surface area is 109 Å². The molecule has 2 aliphatic rings. The Balaban J connectivity index is 1.83. The lowest BCUT2D eigenvalue weighted by molar-refractivity contribution is 0.114. The molecule has 0 aromatic carbocycles. The van der Waals surface area contributed by atoms with Crippen molar-refractivity contribution in [1.82, 2.24) is 9.97 Å². The Morgan fingerprint density at radius 3 is 3.06 bits per heavy atom. The molecule has 1 aromatic rings. The maximum absolute atomic E-state index is 5.70. The van der Waals surface area contributed by atoms with E-state index in [0.29, 0.717) is 12.0 Å². The molecular formula is C11H14IN3O. The van der Waals surface area contributed by atoms with Crippen LogP contribution in [0.3, 0.4) is 0 Å². The first kappa shape index (κ1) is 10.7. The molecule has 3 heterocycles. The minimum absolute atomic E-state index is 0.424. The molecule has 0 saturated carbocycles. The largest absolute Gasteiger partial charge is 0.376 e. The van der Waals surface area contributed by atoms with Gasteiger partial charge in [-0.05, 0) is 35.9 Å². The highest BCUT2D eigenvalue weighted by Crippen LogP contribution is 2.31. The first-order valence-electron chi connectivity index (χ1n) is 5.60. The summed E-state index contributed by atoms with van der Waals surface area (Å²) in [5.74, 6) is 2.60. The summed E-state index contributed by atoms with van der Waals surface area (Å²) in [4.78, 5) is 11.1. The second-order valence-electron chi connectivity index (χ2n) is 4.46. The third-order valence-electron chi connectivity index (χ3n) is 3.32. The Hall–Kier alpha value is -0.430. The van der Waals surface area contributed by atoms with Gasteiger partial charge in [-0.2, -0.15) is 0 Å². The van der Waals surface area contributed by atoms with E-state index < -0.39 is 0 Å². The molecule has 16 heavy (non-hydrogen) atoms. The van der Waals surface area contributed by atoms with Crippen molar-refractivity contribution >= 4 is 28.4 Å². The van der Waals surface area contributed by atoms with Crippen molar-refractivity contribution in [2.75, 3.05) is 24.6 Å². The highest BCUT2D eigenvalue weighted by molar-refractivity contribution is 14.1. The molecule has 5 heteroatoms. The highest BCUT2D eigenvalue weighted by atomic mass is 127. The number of halogens is 1. The maximum atomic E-state index is 5.70. The number of fused-ring (bicyclic) bond motifs is 1. The lowest BCUT2D eigenvalue weighted by Gasteiger charge is -2.18. The van der Waals surface area contributed by atoms with Crippen molar-refractivity contribution in [2.45, 2.75) is 19.4 Å². The molecule has 0 amide bonds. The molecule has 4 nitrogen and oxygen atoms in total. The van der Waals surface area contributed by atoms with E-state index in [4.69, 9.17) is 4.74 Å². The molecule has 2 aliphatic heterocycles. The van der Waals surface area contributed by atoms with E-state index in [2.05, 4.69) is 43.5 Å². The van der Waals surface area contributed by atoms with Crippen LogP contribution < -0.4 is 4.90 Å². The topological polar surface area (TPSA) is 38.2 Å². The minimum Gasteiger partial charge on any atom is -0.376 e. The van der Waals surface area contributed by atoms with Gasteiger partial charge in [0.15, 0.2) is 0 Å². The molecule has 2 fully saturated rings. The van der Waals surface area contributed by atoms with Crippen molar-refractivity contribution in [1.29, 1.82) is 0 Å². The lowest BCUT2D eigenvalue weighted by atomic mass is 10.1. The molecule has 0 aliphatic carbocycles. The van der Waals surface area contributed by atoms with E-state index in [1.807, 2.05) is 6.92 Å². The van der Waals surface area contributed by atoms with Crippen molar-refractivity contribution in [3.05, 3.63) is 15.6 Å². The van der Waals surface area contributed by atoms with Crippen molar-refractivity contribution < 1.29 is 4.74 Å². The standard InChI is InChI=1S/C11H14IN3O/c1-7-13-10(12)4-11(14-7)15-5-8-2-3-16-9(8)6-15/h4,8-9H,2-3,5-6H2,1H3/t8-,9+/m0/s1. The highest BCUT2D eigenvalue weighted by Gasteiger charge is 2.37. The quantitative estimate of drug-likeness (QED) is 0.579. The number of ether oxygens (including phenoxy) is 1. The van der Waals surface area contributed by atoms with Crippen LogP contribution in [-0.2, 0) is 4.74 Å². The van der Waals surface area contributed by atoms with Crippen LogP contribution in [0.15, 0.2) is 6.07 Å². The predicted molar refractivity (Wildman–Crippen MR) is 69.5 cm³/mol. The van der Waals surface area contributed by atoms with Crippen molar-refractivity contribution in [2.24, 2.45) is 5.92 Å². The first-order valence-corrected chi connectivity index (χ1v) is 6.68. The van der Waals surface area contributed by atoms with Crippen LogP contribution >= 0.6 is 22.6 Å². The predicted octanol–water partition coefficient (Wildman–Crippen LogP) is 1.61. The normalized spacial score (nSPS) is 28.5. The summed E-state index contributed by atoms with van der Waals surface area (Å²) < 4.78 is 6.71. The van der Waals surface area contributed by atoms with Gasteiger partial charge in [-0.25, -0.2) is 9.97 Å². The van der Waals surface area contributed by atoms with Gasteiger partial charge in [-0.15, -0.1) is 0 Å². The molecule has 2 atom stereocenters. The number of aromatic nitrogens is 2. The summed E-state index contributed by atoms with van der Waals surface area (Å²) in [5, 5.41) is 0. The summed E-state index contributed by atoms with van der Waals surface area (Å²) in [6, 6.07) is 2.05. The average molecular weight is 331 g/mol. The van der Waals surface area contributed by atoms with E-state index in [-0.39, 0.29) is 0 Å². The molecule has 0 N–H and O–H groups in total. The zero-order valence-electron chi connectivity index (χ0n) is 9.19. The molecule has 86 valence electrons. The van der Waals surface area contributed by atoms with Crippen molar-refractivity contribution in [3.8, 4) is 0 Å². The molecule has 0 radical (unpaired) electrons. The Morgan fingerprint density at radius 2 is 2.31 bits per heavy atom. The molecule has 0 spiro atoms. The maximum Gasteiger partial charge on any atom is 0.133 e. The number of aryl methyl sites for hydroxylation is 1. The third-order valence-corrected chi connectivity index (χ3v) is 3.87. The molecule has 0 unspecified atom stereocenters. The summed E-state index contributed by atoms with van der Waals surface area (Å²) in [5.41, 5.74) is 0. The fraction of sp³-hybridized carbons (Fsp3) is 0.636. The Kier molecular flexibility index (Phi) is 2.75. The van der Waals surface area contributed by atoms with E-state index in [1.54, 1.807) is 0 Å². The Bertz CT molecular complexity index is 380. The van der Waals surface area contributed by atoms with Gasteiger partial charge in [-0.1, -0.05) is 0 Å². The summed E-state index contributed by atoms with van der Waals surface area (Å²) in [7, 11) is 0. The van der Waals surface area contributed by atoms with Crippen LogP contribution in [0.5, 0.6) is 0 Å². The van der Waals surface area contributed by atoms with E-state index in [9.17, 15) is 0 Å². The van der Waals surface area contributed by atoms with Gasteiger partial charge >= 0.3 is 0 Å². The number of nitrogens with zero attached hydrogens (tertiary/aromatic N) is 3. The number of rotatable bonds is 1. The van der Waals surface area contributed by atoms with E-state index >= 15 is 0 Å². The van der Waals surface area contributed by atoms with Gasteiger partial charge in [0.25, 0.3) is 0 Å². The summed E-state index contributed by atoms with van der Waals surface area (Å²) in [6.45, 7) is 4.94. The smallest absolute Gasteiger partial charge is 0.133 e. The molecule has 0 bridgehead atoms. The van der Waals surface area contributed by atoms with Crippen LogP contribution in [0.1, 0.15) is 12.2 Å². The van der Waals surface area contributed by atoms with Gasteiger partial charge < -0.3 is 9.64 Å². The molecule has 3 rings (SSSR count).